The molecule has 0 aromatic rings. The van der Waals surface area contributed by atoms with Gasteiger partial charge in [-0.3, -0.25) is 9.69 Å². The fourth-order valence-electron chi connectivity index (χ4n) is 3.35. The van der Waals surface area contributed by atoms with Gasteiger partial charge in [-0.15, -0.1) is 0 Å². The Morgan fingerprint density at radius 2 is 2.41 bits per heavy atom. The van der Waals surface area contributed by atoms with Gasteiger partial charge in [-0.25, -0.2) is 0 Å². The smallest absolute Gasteiger partial charge is 0.146 e. The second-order valence-corrected chi connectivity index (χ2v) is 6.70. The number of thioether (sulfide) groups is 1. The Labute approximate surface area is 107 Å². The van der Waals surface area contributed by atoms with Crippen molar-refractivity contribution in [3.8, 4) is 0 Å². The molecule has 3 saturated heterocycles. The highest BCUT2D eigenvalue weighted by Gasteiger charge is 2.42. The first-order valence-electron chi connectivity index (χ1n) is 6.75. The maximum Gasteiger partial charge on any atom is 0.146 e. The van der Waals surface area contributed by atoms with Gasteiger partial charge in [0.15, 0.2) is 0 Å². The highest BCUT2D eigenvalue weighted by Crippen LogP contribution is 2.39. The van der Waals surface area contributed by atoms with Crippen LogP contribution in [0, 0.1) is 0 Å². The number of carbonyl (C=O) groups excluding carboxylic acids is 1. The molecule has 2 unspecified atom stereocenters. The number of nitrogens with zero attached hydrogens (tertiary/aromatic N) is 1. The summed E-state index contributed by atoms with van der Waals surface area (Å²) in [5.41, 5.74) is 0.147. The van der Waals surface area contributed by atoms with E-state index in [1.54, 1.807) is 0 Å². The third-order valence-electron chi connectivity index (χ3n) is 4.33. The molecule has 0 N–H and O–H groups in total. The van der Waals surface area contributed by atoms with E-state index >= 15 is 0 Å². The van der Waals surface area contributed by atoms with Gasteiger partial charge < -0.3 is 4.74 Å². The zero-order valence-electron chi connectivity index (χ0n) is 10.3. The lowest BCUT2D eigenvalue weighted by molar-refractivity contribution is -0.127. The van der Waals surface area contributed by atoms with E-state index in [1.165, 1.54) is 12.2 Å². The van der Waals surface area contributed by atoms with E-state index in [9.17, 15) is 4.79 Å². The lowest BCUT2D eigenvalue weighted by Crippen LogP contribution is -2.51. The van der Waals surface area contributed by atoms with Crippen molar-refractivity contribution in [3.63, 3.8) is 0 Å². The minimum absolute atomic E-state index is 0.147. The first-order valence-corrected chi connectivity index (χ1v) is 7.90. The molecule has 0 amide bonds. The average molecular weight is 255 g/mol. The quantitative estimate of drug-likeness (QED) is 0.713. The minimum Gasteiger partial charge on any atom is -0.374 e. The van der Waals surface area contributed by atoms with Crippen LogP contribution in [0.4, 0.5) is 0 Å². The van der Waals surface area contributed by atoms with Crippen molar-refractivity contribution in [2.24, 2.45) is 0 Å². The Morgan fingerprint density at radius 1 is 1.47 bits per heavy atom. The third kappa shape index (κ3) is 2.54. The highest BCUT2D eigenvalue weighted by atomic mass is 32.2. The summed E-state index contributed by atoms with van der Waals surface area (Å²) in [6.45, 7) is 2.68. The summed E-state index contributed by atoms with van der Waals surface area (Å²) in [5.74, 6) is 2.83. The summed E-state index contributed by atoms with van der Waals surface area (Å²) >= 11 is 2.02. The van der Waals surface area contributed by atoms with Crippen molar-refractivity contribution in [1.82, 2.24) is 4.90 Å². The van der Waals surface area contributed by atoms with E-state index in [2.05, 4.69) is 4.90 Å². The van der Waals surface area contributed by atoms with Crippen LogP contribution in [0.15, 0.2) is 0 Å². The number of likely N-dealkylation sites (tertiary alicyclic amines) is 1. The molecule has 3 fully saturated rings. The van der Waals surface area contributed by atoms with Crippen molar-refractivity contribution < 1.29 is 9.53 Å². The summed E-state index contributed by atoms with van der Waals surface area (Å²) in [5, 5.41) is 0. The molecule has 96 valence electrons. The van der Waals surface area contributed by atoms with Crippen LogP contribution in [0.5, 0.6) is 0 Å². The summed E-state index contributed by atoms with van der Waals surface area (Å²) in [6, 6.07) is 0.590. The molecule has 0 bridgehead atoms. The monoisotopic (exact) mass is 255 g/mol. The molecule has 0 aliphatic carbocycles. The molecule has 3 rings (SSSR count). The maximum absolute atomic E-state index is 11.6. The normalized spacial score (nSPS) is 40.0. The van der Waals surface area contributed by atoms with Crippen molar-refractivity contribution in [1.29, 1.82) is 0 Å². The van der Waals surface area contributed by atoms with Crippen LogP contribution >= 0.6 is 11.8 Å². The van der Waals surface area contributed by atoms with Gasteiger partial charge in [0.2, 0.25) is 0 Å². The predicted octanol–water partition coefficient (Wildman–Crippen LogP) is 1.71. The molecule has 3 aliphatic rings. The second kappa shape index (κ2) is 4.90. The first-order chi connectivity index (χ1) is 8.27. The number of ether oxygens (including phenoxy) is 1. The summed E-state index contributed by atoms with van der Waals surface area (Å²) < 4.78 is 6.04. The van der Waals surface area contributed by atoms with Crippen LogP contribution in [0.2, 0.25) is 0 Å². The largest absolute Gasteiger partial charge is 0.374 e. The minimum atomic E-state index is 0.147. The molecule has 17 heavy (non-hydrogen) atoms. The van der Waals surface area contributed by atoms with E-state index in [0.29, 0.717) is 18.4 Å². The lowest BCUT2D eigenvalue weighted by Gasteiger charge is -2.43. The van der Waals surface area contributed by atoms with Gasteiger partial charge in [0.25, 0.3) is 0 Å². The Bertz CT molecular complexity index is 302. The number of ketones is 1. The average Bonchev–Trinajstić information content (AvgIpc) is 2.77. The molecular weight excluding hydrogens is 234 g/mol. The number of piperidine rings is 1. The van der Waals surface area contributed by atoms with E-state index < -0.39 is 0 Å². The zero-order chi connectivity index (χ0) is 11.7. The highest BCUT2D eigenvalue weighted by molar-refractivity contribution is 7.99. The Morgan fingerprint density at radius 3 is 3.18 bits per heavy atom. The van der Waals surface area contributed by atoms with Crippen molar-refractivity contribution >= 4 is 17.5 Å². The van der Waals surface area contributed by atoms with E-state index in [0.717, 1.165) is 44.6 Å². The molecule has 3 heterocycles. The van der Waals surface area contributed by atoms with Gasteiger partial charge in [0, 0.05) is 24.8 Å². The molecule has 3 aliphatic heterocycles. The Hall–Kier alpha value is -0.0600. The molecule has 0 aromatic carbocycles. The maximum atomic E-state index is 11.6. The summed E-state index contributed by atoms with van der Waals surface area (Å²) in [7, 11) is 0. The Kier molecular flexibility index (Phi) is 3.46. The number of Topliss-reactive ketones (excluding diaryl/α,β-unsaturated/α-hetero) is 1. The van der Waals surface area contributed by atoms with Gasteiger partial charge in [0.1, 0.15) is 5.78 Å². The molecule has 3 nitrogen and oxygen atoms in total. The van der Waals surface area contributed by atoms with Crippen LogP contribution in [0.1, 0.15) is 32.1 Å². The number of hydrogen-bond acceptors (Lipinski definition) is 4. The SMILES string of the molecule is O=C1CCCN(C2CCOC3(CCSC3)C2)C1. The fourth-order valence-corrected chi connectivity index (χ4v) is 4.73. The first kappa shape index (κ1) is 12.0. The van der Waals surface area contributed by atoms with Crippen molar-refractivity contribution in [2.75, 3.05) is 31.2 Å². The molecular formula is C13H21NO2S. The van der Waals surface area contributed by atoms with Crippen LogP contribution in [-0.2, 0) is 9.53 Å². The molecule has 0 radical (unpaired) electrons. The third-order valence-corrected chi connectivity index (χ3v) is 5.55. The lowest BCUT2D eigenvalue weighted by atomic mass is 9.88. The van der Waals surface area contributed by atoms with Crippen molar-refractivity contribution in [2.45, 2.75) is 43.7 Å². The molecule has 1 spiro atoms. The van der Waals surface area contributed by atoms with Gasteiger partial charge in [-0.05, 0) is 38.0 Å². The van der Waals surface area contributed by atoms with E-state index in [4.69, 9.17) is 4.74 Å². The van der Waals surface area contributed by atoms with Crippen LogP contribution in [0.25, 0.3) is 0 Å². The van der Waals surface area contributed by atoms with Gasteiger partial charge >= 0.3 is 0 Å². The molecule has 0 aromatic heterocycles. The molecule has 0 saturated carbocycles. The van der Waals surface area contributed by atoms with Crippen molar-refractivity contribution in [3.05, 3.63) is 0 Å². The number of rotatable bonds is 1. The Balaban J connectivity index is 1.64. The standard InChI is InChI=1S/C13H21NO2S/c15-12-2-1-5-14(9-12)11-3-6-16-13(8-11)4-7-17-10-13/h11H,1-10H2. The van der Waals surface area contributed by atoms with Gasteiger partial charge in [-0.1, -0.05) is 0 Å². The van der Waals surface area contributed by atoms with Crippen LogP contribution < -0.4 is 0 Å². The van der Waals surface area contributed by atoms with Crippen LogP contribution in [0.3, 0.4) is 0 Å². The molecule has 2 atom stereocenters. The van der Waals surface area contributed by atoms with E-state index in [1.807, 2.05) is 11.8 Å². The van der Waals surface area contributed by atoms with Crippen LogP contribution in [-0.4, -0.2) is 53.5 Å². The van der Waals surface area contributed by atoms with E-state index in [-0.39, 0.29) is 5.60 Å². The predicted molar refractivity (Wildman–Crippen MR) is 69.5 cm³/mol. The number of hydrogen-bond donors (Lipinski definition) is 0. The topological polar surface area (TPSA) is 29.5 Å². The number of carbonyl (C=O) groups is 1. The summed E-state index contributed by atoms with van der Waals surface area (Å²) in [4.78, 5) is 14.0. The fraction of sp³-hybridized carbons (Fsp3) is 0.923. The van der Waals surface area contributed by atoms with Gasteiger partial charge in [0.05, 0.1) is 12.1 Å². The second-order valence-electron chi connectivity index (χ2n) is 5.59. The summed E-state index contributed by atoms with van der Waals surface area (Å²) in [6.07, 6.45) is 5.31. The molecule has 4 heteroatoms. The zero-order valence-corrected chi connectivity index (χ0v) is 11.1. The van der Waals surface area contributed by atoms with Gasteiger partial charge in [-0.2, -0.15) is 11.8 Å².